The second-order valence-corrected chi connectivity index (χ2v) is 5.60. The molecule has 1 aliphatic rings. The van der Waals surface area contributed by atoms with E-state index >= 15 is 0 Å². The molecular weight excluding hydrogens is 218 g/mol. The Hall–Kier alpha value is -1.26. The summed E-state index contributed by atoms with van der Waals surface area (Å²) >= 11 is 0. The van der Waals surface area contributed by atoms with Crippen LogP contribution in [0.1, 0.15) is 40.0 Å². The Morgan fingerprint density at radius 2 is 2.29 bits per heavy atom. The lowest BCUT2D eigenvalue weighted by Crippen LogP contribution is -2.40. The van der Waals surface area contributed by atoms with Crippen LogP contribution in [0.15, 0.2) is 5.16 Å². The molecule has 98 valence electrons. The van der Waals surface area contributed by atoms with Crippen LogP contribution in [-0.2, 0) is 4.79 Å². The van der Waals surface area contributed by atoms with E-state index in [2.05, 4.69) is 24.3 Å². The first-order valence-electron chi connectivity index (χ1n) is 6.13. The molecule has 2 atom stereocenters. The molecule has 0 heterocycles. The lowest BCUT2D eigenvalue weighted by atomic mass is 9.81. The van der Waals surface area contributed by atoms with Crippen LogP contribution in [-0.4, -0.2) is 23.5 Å². The van der Waals surface area contributed by atoms with Gasteiger partial charge in [-0.25, -0.2) is 0 Å². The minimum Gasteiger partial charge on any atom is -0.409 e. The maximum absolute atomic E-state index is 12.0. The van der Waals surface area contributed by atoms with Crippen LogP contribution in [0.4, 0.5) is 0 Å². The molecule has 1 rings (SSSR count). The van der Waals surface area contributed by atoms with Crippen LogP contribution in [0.5, 0.6) is 0 Å². The van der Waals surface area contributed by atoms with Gasteiger partial charge in [0.1, 0.15) is 5.84 Å². The Bertz CT molecular complexity index is 313. The average Bonchev–Trinajstić information content (AvgIpc) is 2.64. The van der Waals surface area contributed by atoms with Crippen molar-refractivity contribution in [1.82, 2.24) is 5.32 Å². The summed E-state index contributed by atoms with van der Waals surface area (Å²) in [5, 5.41) is 14.3. The van der Waals surface area contributed by atoms with E-state index in [0.29, 0.717) is 6.54 Å². The summed E-state index contributed by atoms with van der Waals surface area (Å²) in [6, 6.07) is 0. The quantitative estimate of drug-likeness (QED) is 0.300. The van der Waals surface area contributed by atoms with Gasteiger partial charge in [0.2, 0.25) is 5.91 Å². The molecule has 0 radical (unpaired) electrons. The van der Waals surface area contributed by atoms with E-state index in [4.69, 9.17) is 10.9 Å². The number of nitrogens with zero attached hydrogens (tertiary/aromatic N) is 1. The Balaban J connectivity index is 2.45. The summed E-state index contributed by atoms with van der Waals surface area (Å²) in [6.45, 7) is 6.50. The molecule has 1 aliphatic carbocycles. The van der Waals surface area contributed by atoms with Crippen LogP contribution >= 0.6 is 0 Å². The third kappa shape index (κ3) is 3.35. The van der Waals surface area contributed by atoms with Crippen molar-refractivity contribution in [2.45, 2.75) is 40.0 Å². The molecule has 0 aliphatic heterocycles. The maximum Gasteiger partial charge on any atom is 0.223 e. The summed E-state index contributed by atoms with van der Waals surface area (Å²) in [6.07, 6.45) is 3.17. The third-order valence-electron chi connectivity index (χ3n) is 3.78. The molecule has 0 aromatic carbocycles. The molecule has 5 heteroatoms. The Labute approximate surface area is 102 Å². The van der Waals surface area contributed by atoms with Crippen molar-refractivity contribution >= 4 is 11.7 Å². The number of carbonyl (C=O) groups excluding carboxylic acids is 1. The molecule has 1 amide bonds. The minimum atomic E-state index is -0.145. The zero-order valence-corrected chi connectivity index (χ0v) is 10.9. The Kier molecular flexibility index (Phi) is 4.37. The number of nitrogens with one attached hydrogen (secondary N) is 1. The molecule has 0 bridgehead atoms. The number of carbonyl (C=O) groups is 1. The van der Waals surface area contributed by atoms with Gasteiger partial charge >= 0.3 is 0 Å². The van der Waals surface area contributed by atoms with Gasteiger partial charge in [-0.1, -0.05) is 32.3 Å². The fourth-order valence-corrected chi connectivity index (χ4v) is 2.39. The number of hydrogen-bond acceptors (Lipinski definition) is 3. The SMILES string of the molecule is CC(CNC(=O)C1CCCC1(C)C)C(N)=NO. The summed E-state index contributed by atoms with van der Waals surface area (Å²) in [5.74, 6) is 0.177. The van der Waals surface area contributed by atoms with Gasteiger partial charge in [0.05, 0.1) is 0 Å². The average molecular weight is 241 g/mol. The monoisotopic (exact) mass is 241 g/mol. The molecule has 2 unspecified atom stereocenters. The van der Waals surface area contributed by atoms with E-state index in [1.807, 2.05) is 6.92 Å². The molecule has 0 aromatic rings. The standard InChI is InChI=1S/C12H23N3O2/c1-8(10(13)15-17)7-14-11(16)9-5-4-6-12(9,2)3/h8-9,17H,4-7H2,1-3H3,(H2,13,15)(H,14,16). The molecule has 0 spiro atoms. The van der Waals surface area contributed by atoms with Crippen LogP contribution in [0.3, 0.4) is 0 Å². The van der Waals surface area contributed by atoms with E-state index in [-0.39, 0.29) is 29.0 Å². The first-order valence-corrected chi connectivity index (χ1v) is 6.13. The van der Waals surface area contributed by atoms with Gasteiger partial charge in [-0.3, -0.25) is 4.79 Å². The van der Waals surface area contributed by atoms with Crippen LogP contribution in [0.25, 0.3) is 0 Å². The first-order chi connectivity index (χ1) is 7.88. The Morgan fingerprint density at radius 3 is 2.76 bits per heavy atom. The first kappa shape index (κ1) is 13.8. The number of hydrogen-bond donors (Lipinski definition) is 3. The zero-order chi connectivity index (χ0) is 13.1. The van der Waals surface area contributed by atoms with E-state index < -0.39 is 0 Å². The molecule has 0 aromatic heterocycles. The van der Waals surface area contributed by atoms with Gasteiger partial charge < -0.3 is 16.3 Å². The predicted octanol–water partition coefficient (Wildman–Crippen LogP) is 1.31. The van der Waals surface area contributed by atoms with Crippen molar-refractivity contribution in [1.29, 1.82) is 0 Å². The molecular formula is C12H23N3O2. The lowest BCUT2D eigenvalue weighted by Gasteiger charge is -2.26. The second-order valence-electron chi connectivity index (χ2n) is 5.60. The van der Waals surface area contributed by atoms with Crippen LogP contribution in [0, 0.1) is 17.3 Å². The lowest BCUT2D eigenvalue weighted by molar-refractivity contribution is -0.127. The molecule has 17 heavy (non-hydrogen) atoms. The van der Waals surface area contributed by atoms with Crippen molar-refractivity contribution < 1.29 is 10.0 Å². The Morgan fingerprint density at radius 1 is 1.65 bits per heavy atom. The predicted molar refractivity (Wildman–Crippen MR) is 66.7 cm³/mol. The van der Waals surface area contributed by atoms with Crippen molar-refractivity contribution in [3.63, 3.8) is 0 Å². The highest BCUT2D eigenvalue weighted by Crippen LogP contribution is 2.42. The van der Waals surface area contributed by atoms with E-state index in [1.54, 1.807) is 0 Å². The second kappa shape index (κ2) is 5.38. The maximum atomic E-state index is 12.0. The fourth-order valence-electron chi connectivity index (χ4n) is 2.39. The van der Waals surface area contributed by atoms with E-state index in [9.17, 15) is 4.79 Å². The topological polar surface area (TPSA) is 87.7 Å². The number of amides is 1. The highest BCUT2D eigenvalue weighted by Gasteiger charge is 2.39. The van der Waals surface area contributed by atoms with Gasteiger partial charge in [0.25, 0.3) is 0 Å². The van der Waals surface area contributed by atoms with Gasteiger partial charge in [-0.2, -0.15) is 0 Å². The van der Waals surface area contributed by atoms with Gasteiger partial charge in [-0.15, -0.1) is 0 Å². The molecule has 4 N–H and O–H groups in total. The van der Waals surface area contributed by atoms with Crippen LogP contribution < -0.4 is 11.1 Å². The normalized spacial score (nSPS) is 25.6. The van der Waals surface area contributed by atoms with Crippen LogP contribution in [0.2, 0.25) is 0 Å². The summed E-state index contributed by atoms with van der Waals surface area (Å²) in [7, 11) is 0. The summed E-state index contributed by atoms with van der Waals surface area (Å²) < 4.78 is 0. The largest absolute Gasteiger partial charge is 0.409 e. The van der Waals surface area contributed by atoms with Gasteiger partial charge in [0, 0.05) is 18.4 Å². The summed E-state index contributed by atoms with van der Waals surface area (Å²) in [4.78, 5) is 12.0. The van der Waals surface area contributed by atoms with Crippen molar-refractivity contribution in [3.8, 4) is 0 Å². The number of nitrogens with two attached hydrogens (primary N) is 1. The zero-order valence-electron chi connectivity index (χ0n) is 10.9. The van der Waals surface area contributed by atoms with Crippen molar-refractivity contribution in [3.05, 3.63) is 0 Å². The highest BCUT2D eigenvalue weighted by atomic mass is 16.4. The minimum absolute atomic E-state index is 0.0852. The summed E-state index contributed by atoms with van der Waals surface area (Å²) in [5.41, 5.74) is 5.55. The molecule has 0 saturated heterocycles. The van der Waals surface area contributed by atoms with Crippen molar-refractivity contribution in [2.75, 3.05) is 6.54 Å². The third-order valence-corrected chi connectivity index (χ3v) is 3.78. The smallest absolute Gasteiger partial charge is 0.223 e. The molecule has 1 saturated carbocycles. The number of oxime groups is 1. The van der Waals surface area contributed by atoms with E-state index in [1.165, 1.54) is 0 Å². The highest BCUT2D eigenvalue weighted by molar-refractivity contribution is 5.84. The number of rotatable bonds is 4. The van der Waals surface area contributed by atoms with E-state index in [0.717, 1.165) is 19.3 Å². The van der Waals surface area contributed by atoms with Gasteiger partial charge in [-0.05, 0) is 18.3 Å². The number of amidine groups is 1. The molecule has 5 nitrogen and oxygen atoms in total. The van der Waals surface area contributed by atoms with Crippen molar-refractivity contribution in [2.24, 2.45) is 28.1 Å². The molecule has 1 fully saturated rings. The van der Waals surface area contributed by atoms with Gasteiger partial charge in [0.15, 0.2) is 0 Å². The fraction of sp³-hybridized carbons (Fsp3) is 0.833.